The quantitative estimate of drug-likeness (QED) is 0.769. The maximum atomic E-state index is 13.6. The van der Waals surface area contributed by atoms with Gasteiger partial charge in [0.1, 0.15) is 10.8 Å². The van der Waals surface area contributed by atoms with E-state index in [-0.39, 0.29) is 5.82 Å². The number of rotatable bonds is 2. The first-order valence-corrected chi connectivity index (χ1v) is 6.41. The summed E-state index contributed by atoms with van der Waals surface area (Å²) in [7, 11) is 0. The van der Waals surface area contributed by atoms with Gasteiger partial charge in [-0.05, 0) is 25.0 Å². The Balaban J connectivity index is 2.06. The molecule has 0 atom stereocenters. The molecule has 1 aliphatic rings. The number of hydrogen-bond donors (Lipinski definition) is 0. The molecule has 1 fully saturated rings. The highest BCUT2D eigenvalue weighted by Crippen LogP contribution is 2.42. The zero-order valence-corrected chi connectivity index (χ0v) is 9.98. The van der Waals surface area contributed by atoms with Gasteiger partial charge in [-0.2, -0.15) is 0 Å². The van der Waals surface area contributed by atoms with Crippen LogP contribution in [-0.2, 0) is 0 Å². The third-order valence-electron chi connectivity index (χ3n) is 2.69. The SMILES string of the molecule is Fc1cccc(Cl)c1-c1nc(C2CC2)cs1. The van der Waals surface area contributed by atoms with Gasteiger partial charge in [0.05, 0.1) is 16.3 Å². The highest BCUT2D eigenvalue weighted by molar-refractivity contribution is 7.13. The minimum atomic E-state index is -0.302. The Hall–Kier alpha value is -0.930. The summed E-state index contributed by atoms with van der Waals surface area (Å²) in [5.41, 5.74) is 1.51. The second kappa shape index (κ2) is 3.82. The van der Waals surface area contributed by atoms with E-state index in [1.54, 1.807) is 12.1 Å². The van der Waals surface area contributed by atoms with Crippen LogP contribution in [-0.4, -0.2) is 4.98 Å². The lowest BCUT2D eigenvalue weighted by atomic mass is 10.2. The van der Waals surface area contributed by atoms with Gasteiger partial charge in [-0.1, -0.05) is 17.7 Å². The fraction of sp³-hybridized carbons (Fsp3) is 0.250. The van der Waals surface area contributed by atoms with Crippen molar-refractivity contribution < 1.29 is 4.39 Å². The zero-order valence-electron chi connectivity index (χ0n) is 8.41. The number of benzene rings is 1. The second-order valence-corrected chi connectivity index (χ2v) is 5.21. The van der Waals surface area contributed by atoms with Gasteiger partial charge in [-0.3, -0.25) is 0 Å². The molecule has 0 bridgehead atoms. The first-order valence-electron chi connectivity index (χ1n) is 5.15. The van der Waals surface area contributed by atoms with Crippen molar-refractivity contribution in [1.29, 1.82) is 0 Å². The van der Waals surface area contributed by atoms with Crippen molar-refractivity contribution in [2.24, 2.45) is 0 Å². The van der Waals surface area contributed by atoms with Crippen LogP contribution >= 0.6 is 22.9 Å². The lowest BCUT2D eigenvalue weighted by Gasteiger charge is -2.01. The minimum absolute atomic E-state index is 0.302. The molecule has 1 nitrogen and oxygen atoms in total. The average molecular weight is 254 g/mol. The van der Waals surface area contributed by atoms with Crippen LogP contribution in [0.5, 0.6) is 0 Å². The van der Waals surface area contributed by atoms with E-state index in [1.807, 2.05) is 5.38 Å². The summed E-state index contributed by atoms with van der Waals surface area (Å²) in [6.45, 7) is 0. The number of halogens is 2. The lowest BCUT2D eigenvalue weighted by molar-refractivity contribution is 0.631. The molecule has 1 heterocycles. The minimum Gasteiger partial charge on any atom is -0.241 e. The van der Waals surface area contributed by atoms with E-state index in [1.165, 1.54) is 30.2 Å². The molecule has 1 aromatic heterocycles. The third-order valence-corrected chi connectivity index (χ3v) is 3.89. The Morgan fingerprint density at radius 2 is 2.19 bits per heavy atom. The summed E-state index contributed by atoms with van der Waals surface area (Å²) in [5.74, 6) is 0.291. The monoisotopic (exact) mass is 253 g/mol. The topological polar surface area (TPSA) is 12.9 Å². The highest BCUT2D eigenvalue weighted by Gasteiger charge is 2.26. The molecule has 1 saturated carbocycles. The summed E-state index contributed by atoms with van der Waals surface area (Å²) in [4.78, 5) is 4.46. The van der Waals surface area contributed by atoms with Crippen molar-refractivity contribution >= 4 is 22.9 Å². The van der Waals surface area contributed by atoms with Crippen LogP contribution < -0.4 is 0 Å². The van der Waals surface area contributed by atoms with Crippen LogP contribution in [0.3, 0.4) is 0 Å². The molecular weight excluding hydrogens is 245 g/mol. The van der Waals surface area contributed by atoms with Crippen molar-refractivity contribution in [2.75, 3.05) is 0 Å². The van der Waals surface area contributed by atoms with E-state index < -0.39 is 0 Å². The number of hydrogen-bond acceptors (Lipinski definition) is 2. The largest absolute Gasteiger partial charge is 0.241 e. The highest BCUT2D eigenvalue weighted by atomic mass is 35.5. The molecule has 0 unspecified atom stereocenters. The van der Waals surface area contributed by atoms with Crippen molar-refractivity contribution in [1.82, 2.24) is 4.98 Å². The van der Waals surface area contributed by atoms with Gasteiger partial charge in [0.15, 0.2) is 0 Å². The summed E-state index contributed by atoms with van der Waals surface area (Å²) in [6.07, 6.45) is 2.41. The molecule has 2 aromatic rings. The maximum absolute atomic E-state index is 13.6. The van der Waals surface area contributed by atoms with Crippen LogP contribution in [0.15, 0.2) is 23.6 Å². The third kappa shape index (κ3) is 1.74. The van der Waals surface area contributed by atoms with Crippen LogP contribution in [0.4, 0.5) is 4.39 Å². The van der Waals surface area contributed by atoms with Crippen LogP contribution in [0.1, 0.15) is 24.5 Å². The van der Waals surface area contributed by atoms with E-state index in [2.05, 4.69) is 4.98 Å². The molecule has 0 N–H and O–H groups in total. The summed E-state index contributed by atoms with van der Waals surface area (Å²) in [5, 5.41) is 3.12. The Kier molecular flexibility index (Phi) is 2.45. The Morgan fingerprint density at radius 1 is 1.38 bits per heavy atom. The standard InChI is InChI=1S/C12H9ClFNS/c13-8-2-1-3-9(14)11(8)12-15-10(6-16-12)7-4-5-7/h1-3,6-7H,4-5H2. The van der Waals surface area contributed by atoms with Gasteiger partial charge in [0.25, 0.3) is 0 Å². The van der Waals surface area contributed by atoms with Gasteiger partial charge < -0.3 is 0 Å². The van der Waals surface area contributed by atoms with Crippen LogP contribution in [0.25, 0.3) is 10.6 Å². The van der Waals surface area contributed by atoms with E-state index in [4.69, 9.17) is 11.6 Å². The molecule has 3 rings (SSSR count). The van der Waals surface area contributed by atoms with Crippen molar-refractivity contribution in [3.8, 4) is 10.6 Å². The predicted octanol–water partition coefficient (Wildman–Crippen LogP) is 4.48. The predicted molar refractivity (Wildman–Crippen MR) is 64.5 cm³/mol. The maximum Gasteiger partial charge on any atom is 0.134 e. The van der Waals surface area contributed by atoms with E-state index in [9.17, 15) is 4.39 Å². The van der Waals surface area contributed by atoms with Crippen LogP contribution in [0.2, 0.25) is 5.02 Å². The Labute approximate surface area is 102 Å². The Morgan fingerprint density at radius 3 is 2.88 bits per heavy atom. The molecule has 1 aliphatic carbocycles. The van der Waals surface area contributed by atoms with Crippen molar-refractivity contribution in [2.45, 2.75) is 18.8 Å². The normalized spacial score (nSPS) is 15.4. The van der Waals surface area contributed by atoms with Gasteiger partial charge >= 0.3 is 0 Å². The summed E-state index contributed by atoms with van der Waals surface area (Å²) < 4.78 is 13.6. The number of nitrogens with zero attached hydrogens (tertiary/aromatic N) is 1. The molecule has 0 amide bonds. The van der Waals surface area contributed by atoms with Gasteiger partial charge in [-0.25, -0.2) is 9.37 Å². The van der Waals surface area contributed by atoms with Gasteiger partial charge in [0.2, 0.25) is 0 Å². The molecule has 4 heteroatoms. The fourth-order valence-corrected chi connectivity index (χ4v) is 2.94. The lowest BCUT2D eigenvalue weighted by Crippen LogP contribution is -1.86. The second-order valence-electron chi connectivity index (χ2n) is 3.95. The van der Waals surface area contributed by atoms with E-state index in [0.29, 0.717) is 21.5 Å². The van der Waals surface area contributed by atoms with E-state index >= 15 is 0 Å². The van der Waals surface area contributed by atoms with Gasteiger partial charge in [-0.15, -0.1) is 11.3 Å². The summed E-state index contributed by atoms with van der Waals surface area (Å²) in [6, 6.07) is 4.72. The first kappa shape index (κ1) is 10.2. The molecule has 0 saturated heterocycles. The Bertz CT molecular complexity index is 513. The number of thiazole rings is 1. The molecule has 0 spiro atoms. The number of aromatic nitrogens is 1. The van der Waals surface area contributed by atoms with E-state index in [0.717, 1.165) is 5.69 Å². The smallest absolute Gasteiger partial charge is 0.134 e. The molecule has 0 radical (unpaired) electrons. The average Bonchev–Trinajstić information content (AvgIpc) is 2.99. The van der Waals surface area contributed by atoms with Crippen LogP contribution in [0, 0.1) is 5.82 Å². The molecular formula is C12H9ClFNS. The molecule has 1 aromatic carbocycles. The fourth-order valence-electron chi connectivity index (χ4n) is 1.67. The van der Waals surface area contributed by atoms with Gasteiger partial charge in [0, 0.05) is 11.3 Å². The van der Waals surface area contributed by atoms with Crippen molar-refractivity contribution in [3.05, 3.63) is 40.1 Å². The zero-order chi connectivity index (χ0) is 11.1. The molecule has 82 valence electrons. The molecule has 16 heavy (non-hydrogen) atoms. The summed E-state index contributed by atoms with van der Waals surface area (Å²) >= 11 is 7.46. The molecule has 0 aliphatic heterocycles. The first-order chi connectivity index (χ1) is 7.75. The van der Waals surface area contributed by atoms with Crippen molar-refractivity contribution in [3.63, 3.8) is 0 Å².